The Morgan fingerprint density at radius 2 is 2.25 bits per heavy atom. The Labute approximate surface area is 94.8 Å². The van der Waals surface area contributed by atoms with Crippen LogP contribution in [0.25, 0.3) is 0 Å². The van der Waals surface area contributed by atoms with Crippen molar-refractivity contribution in [3.63, 3.8) is 0 Å². The molecular weight excluding hydrogens is 208 g/mol. The van der Waals surface area contributed by atoms with Crippen molar-refractivity contribution in [1.29, 1.82) is 0 Å². The molecule has 0 aromatic rings. The highest BCUT2D eigenvalue weighted by Gasteiger charge is 2.35. The van der Waals surface area contributed by atoms with Gasteiger partial charge in [0.2, 0.25) is 5.91 Å². The van der Waals surface area contributed by atoms with Crippen LogP contribution in [-0.2, 0) is 9.59 Å². The second-order valence-corrected chi connectivity index (χ2v) is 3.90. The summed E-state index contributed by atoms with van der Waals surface area (Å²) in [5.74, 6) is 1.18. The molecule has 1 saturated carbocycles. The number of terminal acetylenes is 1. The second kappa shape index (κ2) is 5.52. The van der Waals surface area contributed by atoms with Crippen LogP contribution in [0.1, 0.15) is 19.8 Å². The van der Waals surface area contributed by atoms with Crippen LogP contribution >= 0.6 is 0 Å². The van der Waals surface area contributed by atoms with E-state index in [1.54, 1.807) is 11.8 Å². The zero-order chi connectivity index (χ0) is 12.1. The number of nitrogens with one attached hydrogen (secondary N) is 1. The Hall–Kier alpha value is -1.54. The molecule has 1 aliphatic carbocycles. The minimum atomic E-state index is -0.913. The highest BCUT2D eigenvalue weighted by molar-refractivity contribution is 5.82. The molecule has 1 unspecified atom stereocenters. The predicted octanol–water partition coefficient (Wildman–Crippen LogP) is -0.327. The van der Waals surface area contributed by atoms with Gasteiger partial charge in [-0.05, 0) is 19.8 Å². The topological polar surface area (TPSA) is 69.6 Å². The summed E-state index contributed by atoms with van der Waals surface area (Å²) in [6.45, 7) is 1.77. The summed E-state index contributed by atoms with van der Waals surface area (Å²) in [6, 6.07) is -0.223. The lowest BCUT2D eigenvalue weighted by atomic mass is 10.2. The average Bonchev–Trinajstić information content (AvgIpc) is 3.05. The molecule has 0 aliphatic heterocycles. The maximum Gasteiger partial charge on any atom is 0.317 e. The van der Waals surface area contributed by atoms with Crippen LogP contribution < -0.4 is 5.32 Å². The lowest BCUT2D eigenvalue weighted by Gasteiger charge is -2.26. The summed E-state index contributed by atoms with van der Waals surface area (Å²) in [5.41, 5.74) is 0. The molecule has 2 N–H and O–H groups in total. The number of hydrogen-bond acceptors (Lipinski definition) is 3. The van der Waals surface area contributed by atoms with Crippen molar-refractivity contribution in [3.8, 4) is 12.3 Å². The van der Waals surface area contributed by atoms with Crippen LogP contribution in [-0.4, -0.2) is 47.1 Å². The molecule has 1 atom stereocenters. The number of rotatable bonds is 6. The van der Waals surface area contributed by atoms with E-state index >= 15 is 0 Å². The molecule has 0 saturated heterocycles. The van der Waals surface area contributed by atoms with Gasteiger partial charge in [-0.25, -0.2) is 0 Å². The summed E-state index contributed by atoms with van der Waals surface area (Å²) in [7, 11) is 0. The molecule has 5 nitrogen and oxygen atoms in total. The molecule has 1 rings (SSSR count). The molecule has 0 bridgehead atoms. The number of carboxylic acid groups (broad SMARTS) is 1. The quantitative estimate of drug-likeness (QED) is 0.606. The highest BCUT2D eigenvalue weighted by atomic mass is 16.4. The monoisotopic (exact) mass is 224 g/mol. The van der Waals surface area contributed by atoms with E-state index in [1.807, 2.05) is 0 Å². The third-order valence-electron chi connectivity index (χ3n) is 2.58. The Kier molecular flexibility index (Phi) is 4.32. The van der Waals surface area contributed by atoms with Gasteiger partial charge >= 0.3 is 5.97 Å². The smallest absolute Gasteiger partial charge is 0.317 e. The number of amides is 1. The molecule has 0 aromatic carbocycles. The van der Waals surface area contributed by atoms with Crippen molar-refractivity contribution in [2.24, 2.45) is 0 Å². The van der Waals surface area contributed by atoms with Crippen LogP contribution in [0.4, 0.5) is 0 Å². The van der Waals surface area contributed by atoms with E-state index in [9.17, 15) is 9.59 Å². The molecule has 1 amide bonds. The Bertz CT molecular complexity index is 318. The van der Waals surface area contributed by atoms with Gasteiger partial charge in [0.15, 0.2) is 0 Å². The van der Waals surface area contributed by atoms with Gasteiger partial charge in [0.05, 0.1) is 19.1 Å². The van der Waals surface area contributed by atoms with Crippen molar-refractivity contribution >= 4 is 11.9 Å². The zero-order valence-electron chi connectivity index (χ0n) is 9.27. The third kappa shape index (κ3) is 3.55. The van der Waals surface area contributed by atoms with Gasteiger partial charge in [-0.15, -0.1) is 6.42 Å². The van der Waals surface area contributed by atoms with E-state index in [-0.39, 0.29) is 25.0 Å². The fraction of sp³-hybridized carbons (Fsp3) is 0.636. The van der Waals surface area contributed by atoms with Crippen molar-refractivity contribution < 1.29 is 14.7 Å². The van der Waals surface area contributed by atoms with E-state index in [4.69, 9.17) is 11.5 Å². The molecule has 0 heterocycles. The normalized spacial score (nSPS) is 16.6. The van der Waals surface area contributed by atoms with Crippen molar-refractivity contribution in [1.82, 2.24) is 10.2 Å². The van der Waals surface area contributed by atoms with Crippen molar-refractivity contribution in [2.45, 2.75) is 31.8 Å². The van der Waals surface area contributed by atoms with E-state index in [1.165, 1.54) is 0 Å². The van der Waals surface area contributed by atoms with Gasteiger partial charge in [-0.1, -0.05) is 5.92 Å². The highest BCUT2D eigenvalue weighted by Crippen LogP contribution is 2.28. The van der Waals surface area contributed by atoms with Gasteiger partial charge in [-0.2, -0.15) is 0 Å². The first-order chi connectivity index (χ1) is 7.56. The van der Waals surface area contributed by atoms with E-state index < -0.39 is 12.0 Å². The molecule has 0 aromatic heterocycles. The lowest BCUT2D eigenvalue weighted by Crippen LogP contribution is -2.48. The summed E-state index contributed by atoms with van der Waals surface area (Å²) in [6.07, 6.45) is 6.95. The Morgan fingerprint density at radius 1 is 1.62 bits per heavy atom. The Morgan fingerprint density at radius 3 is 2.69 bits per heavy atom. The minimum Gasteiger partial charge on any atom is -0.480 e. The maximum atomic E-state index is 11.6. The third-order valence-corrected chi connectivity index (χ3v) is 2.58. The van der Waals surface area contributed by atoms with Gasteiger partial charge in [0, 0.05) is 6.04 Å². The first-order valence-electron chi connectivity index (χ1n) is 5.25. The fourth-order valence-corrected chi connectivity index (χ4v) is 1.58. The molecule has 1 aliphatic rings. The standard InChI is InChI=1S/C11H16N2O3/c1-3-6-12-11(16)8(2)13(7-10(14)15)9-4-5-9/h1,8-9H,4-7H2,2H3,(H,12,16)(H,14,15). The van der Waals surface area contributed by atoms with Gasteiger partial charge in [-0.3, -0.25) is 14.5 Å². The maximum absolute atomic E-state index is 11.6. The molecule has 0 radical (unpaired) electrons. The van der Waals surface area contributed by atoms with Gasteiger partial charge in [0.1, 0.15) is 0 Å². The van der Waals surface area contributed by atoms with Crippen molar-refractivity contribution in [2.75, 3.05) is 13.1 Å². The fourth-order valence-electron chi connectivity index (χ4n) is 1.58. The SMILES string of the molecule is C#CCNC(=O)C(C)N(CC(=O)O)C1CC1. The molecule has 88 valence electrons. The van der Waals surface area contributed by atoms with Crippen LogP contribution in [0.5, 0.6) is 0 Å². The van der Waals surface area contributed by atoms with Crippen molar-refractivity contribution in [3.05, 3.63) is 0 Å². The molecule has 1 fully saturated rings. The molecular formula is C11H16N2O3. The molecule has 0 spiro atoms. The number of nitrogens with zero attached hydrogens (tertiary/aromatic N) is 1. The van der Waals surface area contributed by atoms with Crippen LogP contribution in [0.2, 0.25) is 0 Å². The summed E-state index contributed by atoms with van der Waals surface area (Å²) < 4.78 is 0. The van der Waals surface area contributed by atoms with Gasteiger partial charge in [0.25, 0.3) is 0 Å². The van der Waals surface area contributed by atoms with Crippen LogP contribution in [0, 0.1) is 12.3 Å². The first kappa shape index (κ1) is 12.5. The van der Waals surface area contributed by atoms with E-state index in [0.29, 0.717) is 0 Å². The minimum absolute atomic E-state index is 0.102. The average molecular weight is 224 g/mol. The van der Waals surface area contributed by atoms with Crippen LogP contribution in [0.3, 0.4) is 0 Å². The number of carbonyl (C=O) groups excluding carboxylic acids is 1. The molecule has 5 heteroatoms. The number of hydrogen-bond donors (Lipinski definition) is 2. The largest absolute Gasteiger partial charge is 0.480 e. The van der Waals surface area contributed by atoms with Gasteiger partial charge < -0.3 is 10.4 Å². The first-order valence-corrected chi connectivity index (χ1v) is 5.25. The predicted molar refractivity (Wildman–Crippen MR) is 58.7 cm³/mol. The van der Waals surface area contributed by atoms with Crippen LogP contribution in [0.15, 0.2) is 0 Å². The molecule has 16 heavy (non-hydrogen) atoms. The summed E-state index contributed by atoms with van der Waals surface area (Å²) in [5, 5.41) is 11.3. The summed E-state index contributed by atoms with van der Waals surface area (Å²) >= 11 is 0. The Balaban J connectivity index is 2.53. The lowest BCUT2D eigenvalue weighted by molar-refractivity contribution is -0.140. The van der Waals surface area contributed by atoms with E-state index in [2.05, 4.69) is 11.2 Å². The number of carboxylic acids is 1. The number of carbonyl (C=O) groups is 2. The number of aliphatic carboxylic acids is 1. The summed E-state index contributed by atoms with van der Waals surface area (Å²) in [4.78, 5) is 24.0. The second-order valence-electron chi connectivity index (χ2n) is 3.90. The van der Waals surface area contributed by atoms with E-state index in [0.717, 1.165) is 12.8 Å². The zero-order valence-corrected chi connectivity index (χ0v) is 9.27.